The van der Waals surface area contributed by atoms with E-state index >= 15 is 0 Å². The molecule has 0 aliphatic carbocycles. The maximum Gasteiger partial charge on any atom is 0.351 e. The third-order valence-corrected chi connectivity index (χ3v) is 5.63. The standard InChI is InChI=1S/C18H18BrNO5S/c1-3-25-18(21)17(12-20-14-6-4-13(19)5-7-14)26(22,23)16-10-8-15(24-2)9-11-16/h4-12,20H,3H2,1-2H3. The molecule has 0 spiro atoms. The fourth-order valence-corrected chi connectivity index (χ4v) is 3.53. The fraction of sp³-hybridized carbons (Fsp3) is 0.167. The van der Waals surface area contributed by atoms with Crippen LogP contribution in [-0.2, 0) is 19.4 Å². The lowest BCUT2D eigenvalue weighted by Crippen LogP contribution is -2.18. The van der Waals surface area contributed by atoms with Gasteiger partial charge in [-0.05, 0) is 55.5 Å². The number of carbonyl (C=O) groups is 1. The first-order valence-electron chi connectivity index (χ1n) is 7.67. The van der Waals surface area contributed by atoms with Gasteiger partial charge in [0.25, 0.3) is 0 Å². The molecule has 0 fully saturated rings. The minimum Gasteiger partial charge on any atom is -0.497 e. The second-order valence-corrected chi connectivity index (χ2v) is 7.89. The number of sulfone groups is 1. The topological polar surface area (TPSA) is 81.7 Å². The molecule has 0 aliphatic heterocycles. The number of ether oxygens (including phenoxy) is 2. The summed E-state index contributed by atoms with van der Waals surface area (Å²) in [5, 5.41) is 2.82. The molecule has 0 atom stereocenters. The quantitative estimate of drug-likeness (QED) is 0.522. The van der Waals surface area contributed by atoms with Crippen LogP contribution in [0.1, 0.15) is 6.92 Å². The minimum absolute atomic E-state index is 0.0322. The number of esters is 1. The third kappa shape index (κ3) is 4.86. The third-order valence-electron chi connectivity index (χ3n) is 3.35. The first-order chi connectivity index (χ1) is 12.4. The Morgan fingerprint density at radius 1 is 1.12 bits per heavy atom. The summed E-state index contributed by atoms with van der Waals surface area (Å²) in [6.07, 6.45) is 1.14. The van der Waals surface area contributed by atoms with E-state index in [4.69, 9.17) is 9.47 Å². The Labute approximate surface area is 160 Å². The normalized spacial score (nSPS) is 11.7. The second kappa shape index (κ2) is 8.86. The minimum atomic E-state index is -4.07. The summed E-state index contributed by atoms with van der Waals surface area (Å²) in [6, 6.07) is 12.8. The van der Waals surface area contributed by atoms with E-state index in [0.29, 0.717) is 11.4 Å². The summed E-state index contributed by atoms with van der Waals surface area (Å²) >= 11 is 3.32. The molecule has 6 nitrogen and oxygen atoms in total. The van der Waals surface area contributed by atoms with Gasteiger partial charge < -0.3 is 14.8 Å². The highest BCUT2D eigenvalue weighted by molar-refractivity contribution is 9.10. The molecule has 2 aromatic carbocycles. The maximum atomic E-state index is 12.9. The number of methoxy groups -OCH3 is 1. The lowest BCUT2D eigenvalue weighted by molar-refractivity contribution is -0.137. The molecule has 0 heterocycles. The summed E-state index contributed by atoms with van der Waals surface area (Å²) in [6.45, 7) is 1.67. The monoisotopic (exact) mass is 439 g/mol. The van der Waals surface area contributed by atoms with Crippen molar-refractivity contribution in [1.82, 2.24) is 0 Å². The highest BCUT2D eigenvalue weighted by Crippen LogP contribution is 2.23. The van der Waals surface area contributed by atoms with Crippen LogP contribution in [0, 0.1) is 0 Å². The Morgan fingerprint density at radius 2 is 1.73 bits per heavy atom. The van der Waals surface area contributed by atoms with Crippen LogP contribution in [0.3, 0.4) is 0 Å². The van der Waals surface area contributed by atoms with Crippen LogP contribution in [-0.4, -0.2) is 28.1 Å². The lowest BCUT2D eigenvalue weighted by Gasteiger charge is -2.10. The summed E-state index contributed by atoms with van der Waals surface area (Å²) < 4.78 is 36.5. The average molecular weight is 440 g/mol. The summed E-state index contributed by atoms with van der Waals surface area (Å²) in [4.78, 5) is 11.7. The molecule has 8 heteroatoms. The van der Waals surface area contributed by atoms with Gasteiger partial charge in [-0.15, -0.1) is 0 Å². The number of benzene rings is 2. The predicted molar refractivity (Wildman–Crippen MR) is 103 cm³/mol. The zero-order valence-corrected chi connectivity index (χ0v) is 16.6. The van der Waals surface area contributed by atoms with Crippen LogP contribution in [0.5, 0.6) is 5.75 Å². The van der Waals surface area contributed by atoms with Crippen molar-refractivity contribution in [2.45, 2.75) is 11.8 Å². The molecule has 0 radical (unpaired) electrons. The number of rotatable bonds is 7. The van der Waals surface area contributed by atoms with Gasteiger partial charge in [-0.3, -0.25) is 0 Å². The molecule has 0 bridgehead atoms. The summed E-state index contributed by atoms with van der Waals surface area (Å²) in [5.74, 6) is -0.411. The number of hydrogen-bond acceptors (Lipinski definition) is 6. The van der Waals surface area contributed by atoms with Crippen LogP contribution in [0.25, 0.3) is 0 Å². The molecule has 26 heavy (non-hydrogen) atoms. The van der Waals surface area contributed by atoms with E-state index in [-0.39, 0.29) is 11.5 Å². The highest BCUT2D eigenvalue weighted by Gasteiger charge is 2.28. The zero-order chi connectivity index (χ0) is 19.2. The molecule has 2 rings (SSSR count). The van der Waals surface area contributed by atoms with E-state index in [1.807, 2.05) is 0 Å². The highest BCUT2D eigenvalue weighted by atomic mass is 79.9. The van der Waals surface area contributed by atoms with Crippen molar-refractivity contribution in [3.8, 4) is 5.75 Å². The Bertz CT molecular complexity index is 890. The Kier molecular flexibility index (Phi) is 6.82. The summed E-state index contributed by atoms with van der Waals surface area (Å²) in [7, 11) is -2.58. The maximum absolute atomic E-state index is 12.9. The molecular weight excluding hydrogens is 422 g/mol. The molecule has 0 saturated carbocycles. The van der Waals surface area contributed by atoms with E-state index in [1.54, 1.807) is 31.2 Å². The fourth-order valence-electron chi connectivity index (χ4n) is 2.03. The molecule has 1 N–H and O–H groups in total. The Hall–Kier alpha value is -2.32. The van der Waals surface area contributed by atoms with Gasteiger partial charge in [-0.25, -0.2) is 13.2 Å². The molecular formula is C18H18BrNO5S. The van der Waals surface area contributed by atoms with E-state index in [1.165, 1.54) is 31.4 Å². The molecule has 138 valence electrons. The van der Waals surface area contributed by atoms with E-state index in [0.717, 1.165) is 10.7 Å². The van der Waals surface area contributed by atoms with Gasteiger partial charge in [0.1, 0.15) is 5.75 Å². The van der Waals surface area contributed by atoms with E-state index in [9.17, 15) is 13.2 Å². The van der Waals surface area contributed by atoms with Crippen LogP contribution >= 0.6 is 15.9 Å². The molecule has 0 aliphatic rings. The Balaban J connectivity index is 2.40. The van der Waals surface area contributed by atoms with E-state index in [2.05, 4.69) is 21.2 Å². The van der Waals surface area contributed by atoms with Crippen LogP contribution in [0.2, 0.25) is 0 Å². The van der Waals surface area contributed by atoms with Crippen molar-refractivity contribution >= 4 is 37.4 Å². The molecule has 0 aromatic heterocycles. The van der Waals surface area contributed by atoms with Crippen molar-refractivity contribution in [2.24, 2.45) is 0 Å². The number of nitrogens with one attached hydrogen (secondary N) is 1. The van der Waals surface area contributed by atoms with Gasteiger partial charge in [0.05, 0.1) is 18.6 Å². The number of carbonyl (C=O) groups excluding carboxylic acids is 1. The molecule has 0 unspecified atom stereocenters. The van der Waals surface area contributed by atoms with Crippen molar-refractivity contribution in [1.29, 1.82) is 0 Å². The zero-order valence-electron chi connectivity index (χ0n) is 14.2. The molecule has 2 aromatic rings. The number of anilines is 1. The largest absolute Gasteiger partial charge is 0.497 e. The lowest BCUT2D eigenvalue weighted by atomic mass is 10.3. The van der Waals surface area contributed by atoms with Gasteiger partial charge in [0.2, 0.25) is 9.84 Å². The predicted octanol–water partition coefficient (Wildman–Crippen LogP) is 3.75. The average Bonchev–Trinajstić information content (AvgIpc) is 2.63. The van der Waals surface area contributed by atoms with Gasteiger partial charge in [0.15, 0.2) is 4.91 Å². The van der Waals surface area contributed by atoms with Crippen LogP contribution in [0.4, 0.5) is 5.69 Å². The number of hydrogen-bond donors (Lipinski definition) is 1. The van der Waals surface area contributed by atoms with Crippen molar-refractivity contribution in [2.75, 3.05) is 19.0 Å². The van der Waals surface area contributed by atoms with Crippen molar-refractivity contribution in [3.63, 3.8) is 0 Å². The summed E-state index contributed by atoms with van der Waals surface area (Å²) in [5.41, 5.74) is 0.625. The van der Waals surface area contributed by atoms with Gasteiger partial charge in [0, 0.05) is 16.4 Å². The van der Waals surface area contributed by atoms with Gasteiger partial charge in [-0.2, -0.15) is 0 Å². The SMILES string of the molecule is CCOC(=O)C(=CNc1ccc(Br)cc1)S(=O)(=O)c1ccc(OC)cc1. The van der Waals surface area contributed by atoms with Gasteiger partial charge >= 0.3 is 5.97 Å². The smallest absolute Gasteiger partial charge is 0.351 e. The first-order valence-corrected chi connectivity index (χ1v) is 9.94. The van der Waals surface area contributed by atoms with Crippen molar-refractivity contribution < 1.29 is 22.7 Å². The van der Waals surface area contributed by atoms with Crippen molar-refractivity contribution in [3.05, 3.63) is 64.1 Å². The number of halogens is 1. The van der Waals surface area contributed by atoms with Gasteiger partial charge in [-0.1, -0.05) is 15.9 Å². The van der Waals surface area contributed by atoms with E-state index < -0.39 is 20.7 Å². The molecule has 0 amide bonds. The molecule has 0 saturated heterocycles. The first kappa shape index (κ1) is 20.0. The van der Waals surface area contributed by atoms with Crippen LogP contribution < -0.4 is 10.1 Å². The second-order valence-electron chi connectivity index (χ2n) is 5.06. The Morgan fingerprint density at radius 3 is 2.27 bits per heavy atom. The van der Waals surface area contributed by atoms with Crippen LogP contribution in [0.15, 0.2) is 69.0 Å².